The third-order valence-electron chi connectivity index (χ3n) is 3.05. The van der Waals surface area contributed by atoms with Gasteiger partial charge in [0.05, 0.1) is 5.60 Å². The van der Waals surface area contributed by atoms with Crippen molar-refractivity contribution >= 4 is 8.80 Å². The highest BCUT2D eigenvalue weighted by Gasteiger charge is 2.48. The van der Waals surface area contributed by atoms with Crippen LogP contribution < -0.4 is 0 Å². The molecule has 0 amide bonds. The predicted molar refractivity (Wildman–Crippen MR) is 104 cm³/mol. The first kappa shape index (κ1) is 22.3. The molecule has 0 aromatic heterocycles. The van der Waals surface area contributed by atoms with E-state index in [1.165, 1.54) is 0 Å². The minimum absolute atomic E-state index is 0.000402. The molecule has 4 nitrogen and oxygen atoms in total. The van der Waals surface area contributed by atoms with E-state index < -0.39 is 14.6 Å². The van der Waals surface area contributed by atoms with Gasteiger partial charge in [0.25, 0.3) is 0 Å². The van der Waals surface area contributed by atoms with Crippen molar-refractivity contribution in [2.75, 3.05) is 0 Å². The summed E-state index contributed by atoms with van der Waals surface area (Å²) in [5.41, 5.74) is 0.813. The molecule has 0 N–H and O–H groups in total. The Morgan fingerprint density at radius 3 is 1.72 bits per heavy atom. The Bertz CT molecular complexity index is 496. The summed E-state index contributed by atoms with van der Waals surface area (Å²) in [5, 5.41) is 0. The molecule has 1 rings (SSSR count). The van der Waals surface area contributed by atoms with Crippen molar-refractivity contribution in [3.63, 3.8) is 0 Å². The highest BCUT2D eigenvalue weighted by molar-refractivity contribution is 6.60. The molecule has 25 heavy (non-hydrogen) atoms. The largest absolute Gasteiger partial charge is 0.508 e. The van der Waals surface area contributed by atoms with Crippen LogP contribution >= 0.6 is 0 Å². The zero-order chi connectivity index (χ0) is 19.3. The summed E-state index contributed by atoms with van der Waals surface area (Å²) in [6.07, 6.45) is -0.000804. The van der Waals surface area contributed by atoms with Crippen molar-refractivity contribution in [1.29, 1.82) is 0 Å². The summed E-state index contributed by atoms with van der Waals surface area (Å²) >= 11 is 0. The van der Waals surface area contributed by atoms with Crippen molar-refractivity contribution in [3.8, 4) is 0 Å². The van der Waals surface area contributed by atoms with Crippen molar-refractivity contribution in [3.05, 3.63) is 35.9 Å². The molecule has 0 unspecified atom stereocenters. The van der Waals surface area contributed by atoms with Gasteiger partial charge in [0, 0.05) is 18.3 Å². The maximum Gasteiger partial charge on any atom is 0.508 e. The fourth-order valence-electron chi connectivity index (χ4n) is 2.89. The summed E-state index contributed by atoms with van der Waals surface area (Å²) in [6.45, 7) is 18.0. The minimum Gasteiger partial charge on any atom is -0.371 e. The summed E-state index contributed by atoms with van der Waals surface area (Å²) in [7, 11) is -3.02. The van der Waals surface area contributed by atoms with Gasteiger partial charge in [-0.1, -0.05) is 30.3 Å². The highest BCUT2D eigenvalue weighted by Crippen LogP contribution is 2.29. The van der Waals surface area contributed by atoms with Gasteiger partial charge in [-0.05, 0) is 67.9 Å². The molecule has 0 bridgehead atoms. The quantitative estimate of drug-likeness (QED) is 0.447. The van der Waals surface area contributed by atoms with Crippen molar-refractivity contribution in [2.45, 2.75) is 92.0 Å². The molecule has 0 fully saturated rings. The van der Waals surface area contributed by atoms with Crippen LogP contribution in [0.25, 0.3) is 0 Å². The van der Waals surface area contributed by atoms with Crippen LogP contribution in [0.4, 0.5) is 0 Å². The van der Waals surface area contributed by atoms with E-state index in [9.17, 15) is 0 Å². The molecular formula is C20H36O4Si. The summed E-state index contributed by atoms with van der Waals surface area (Å²) in [6, 6.07) is 10.8. The summed E-state index contributed by atoms with van der Waals surface area (Å²) in [5.74, 6) is -0.816. The lowest BCUT2D eigenvalue weighted by Crippen LogP contribution is -2.57. The topological polar surface area (TPSA) is 36.9 Å². The lowest BCUT2D eigenvalue weighted by molar-refractivity contribution is -0.237. The number of rotatable bonds is 9. The van der Waals surface area contributed by atoms with E-state index in [-0.39, 0.29) is 17.8 Å². The summed E-state index contributed by atoms with van der Waals surface area (Å²) in [4.78, 5) is 0. The zero-order valence-corrected chi connectivity index (χ0v) is 18.4. The van der Waals surface area contributed by atoms with Crippen LogP contribution in [0, 0.1) is 0 Å². The molecule has 0 radical (unpaired) electrons. The van der Waals surface area contributed by atoms with Gasteiger partial charge >= 0.3 is 8.80 Å². The normalized spacial score (nSPS) is 13.7. The maximum absolute atomic E-state index is 6.50. The third-order valence-corrected chi connectivity index (χ3v) is 6.35. The Balaban J connectivity index is 3.18. The number of benzene rings is 1. The highest BCUT2D eigenvalue weighted by atomic mass is 28.4. The Hall–Kier alpha value is -0.723. The monoisotopic (exact) mass is 368 g/mol. The van der Waals surface area contributed by atoms with Crippen LogP contribution in [0.1, 0.15) is 67.9 Å². The Kier molecular flexibility index (Phi) is 7.84. The first-order valence-electron chi connectivity index (χ1n) is 9.12. The summed E-state index contributed by atoms with van der Waals surface area (Å²) < 4.78 is 25.3. The third kappa shape index (κ3) is 8.97. The van der Waals surface area contributed by atoms with Gasteiger partial charge in [0.2, 0.25) is 0 Å². The molecule has 1 aromatic rings. The molecular weight excluding hydrogens is 332 g/mol. The van der Waals surface area contributed by atoms with E-state index in [1.54, 1.807) is 0 Å². The fourth-order valence-corrected chi connectivity index (χ4v) is 6.25. The van der Waals surface area contributed by atoms with Crippen molar-refractivity contribution < 1.29 is 18.0 Å². The van der Waals surface area contributed by atoms with Gasteiger partial charge in [-0.15, -0.1) is 0 Å². The molecule has 0 heterocycles. The molecule has 0 spiro atoms. The van der Waals surface area contributed by atoms with Gasteiger partial charge in [-0.25, -0.2) is 0 Å². The average molecular weight is 369 g/mol. The minimum atomic E-state index is -3.02. The molecule has 0 aliphatic carbocycles. The van der Waals surface area contributed by atoms with Crippen molar-refractivity contribution in [1.82, 2.24) is 0 Å². The fraction of sp³-hybridized carbons (Fsp3) is 0.700. The van der Waals surface area contributed by atoms with E-state index in [4.69, 9.17) is 18.0 Å². The molecule has 0 atom stereocenters. The maximum atomic E-state index is 6.50. The van der Waals surface area contributed by atoms with E-state index in [1.807, 2.05) is 80.5 Å². The van der Waals surface area contributed by atoms with Crippen LogP contribution in [-0.2, 0) is 24.1 Å². The standard InChI is InChI=1S/C20H36O4Si/c1-16(2)21-25(22-17(3)4,15-18-13-11-10-12-14-18)24-20(8,9)23-19(5,6)7/h10-14,16-17H,15H2,1-9H3. The van der Waals surface area contributed by atoms with E-state index >= 15 is 0 Å². The number of hydrogen-bond acceptors (Lipinski definition) is 4. The average Bonchev–Trinajstić information content (AvgIpc) is 2.33. The van der Waals surface area contributed by atoms with Gasteiger partial charge in [0.1, 0.15) is 0 Å². The van der Waals surface area contributed by atoms with Crippen LogP contribution in [0.2, 0.25) is 0 Å². The first-order valence-corrected chi connectivity index (χ1v) is 11.1. The van der Waals surface area contributed by atoms with Crippen LogP contribution in [0.3, 0.4) is 0 Å². The predicted octanol–water partition coefficient (Wildman–Crippen LogP) is 5.13. The van der Waals surface area contributed by atoms with Crippen molar-refractivity contribution in [2.24, 2.45) is 0 Å². The molecule has 144 valence electrons. The molecule has 0 saturated heterocycles. The molecule has 0 aliphatic heterocycles. The second-order valence-electron chi connectivity index (χ2n) is 8.39. The van der Waals surface area contributed by atoms with Gasteiger partial charge in [-0.3, -0.25) is 0 Å². The SMILES string of the molecule is CC(C)O[Si](Cc1ccccc1)(OC(C)C)OC(C)(C)OC(C)(C)C. The van der Waals surface area contributed by atoms with Crippen LogP contribution in [0.5, 0.6) is 0 Å². The van der Waals surface area contributed by atoms with E-state index in [2.05, 4.69) is 12.1 Å². The zero-order valence-electron chi connectivity index (χ0n) is 17.4. The molecule has 0 saturated carbocycles. The smallest absolute Gasteiger partial charge is 0.371 e. The second-order valence-corrected chi connectivity index (χ2v) is 10.8. The molecule has 0 aliphatic rings. The lowest BCUT2D eigenvalue weighted by Gasteiger charge is -2.41. The van der Waals surface area contributed by atoms with E-state index in [0.29, 0.717) is 6.04 Å². The lowest BCUT2D eigenvalue weighted by atomic mass is 10.2. The number of hydrogen-bond donors (Lipinski definition) is 0. The molecule has 5 heteroatoms. The van der Waals surface area contributed by atoms with E-state index in [0.717, 1.165) is 5.56 Å². The molecule has 1 aromatic carbocycles. The first-order chi connectivity index (χ1) is 11.3. The van der Waals surface area contributed by atoms with Crippen LogP contribution in [-0.4, -0.2) is 32.4 Å². The Morgan fingerprint density at radius 2 is 1.32 bits per heavy atom. The van der Waals surface area contributed by atoms with Gasteiger partial charge in [-0.2, -0.15) is 0 Å². The Morgan fingerprint density at radius 1 is 0.840 bits per heavy atom. The Labute approximate surface area is 155 Å². The van der Waals surface area contributed by atoms with Gasteiger partial charge in [0.15, 0.2) is 5.79 Å². The van der Waals surface area contributed by atoms with Gasteiger partial charge < -0.3 is 18.0 Å². The van der Waals surface area contributed by atoms with Crippen LogP contribution in [0.15, 0.2) is 30.3 Å². The number of ether oxygens (including phenoxy) is 1. The second kappa shape index (κ2) is 8.78.